The molecule has 0 heterocycles. The van der Waals surface area contributed by atoms with Crippen molar-refractivity contribution in [3.63, 3.8) is 0 Å². The normalized spacial score (nSPS) is 11.4. The molecule has 5 N–H and O–H groups in total. The number of aliphatic hydroxyl groups excluding tert-OH is 1. The molecule has 1 rings (SSSR count). The van der Waals surface area contributed by atoms with Crippen LogP contribution in [0.4, 0.5) is 5.69 Å². The van der Waals surface area contributed by atoms with Gasteiger partial charge in [0.2, 0.25) is 11.8 Å². The molecule has 1 aromatic rings. The maximum absolute atomic E-state index is 11.1. The molecule has 20 heavy (non-hydrogen) atoms. The van der Waals surface area contributed by atoms with Crippen molar-refractivity contribution in [3.8, 4) is 6.07 Å². The first-order chi connectivity index (χ1) is 9.35. The van der Waals surface area contributed by atoms with Crippen molar-refractivity contribution < 1.29 is 14.7 Å². The summed E-state index contributed by atoms with van der Waals surface area (Å²) in [6.45, 7) is 1.06. The molecule has 0 aliphatic carbocycles. The van der Waals surface area contributed by atoms with E-state index in [1.165, 1.54) is 24.0 Å². The third-order valence-electron chi connectivity index (χ3n) is 2.64. The summed E-state index contributed by atoms with van der Waals surface area (Å²) in [6, 6.07) is 6.54. The van der Waals surface area contributed by atoms with E-state index in [0.29, 0.717) is 16.8 Å². The third kappa shape index (κ3) is 3.96. The first kappa shape index (κ1) is 15.5. The zero-order chi connectivity index (χ0) is 15.3. The molecule has 1 atom stereocenters. The molecule has 0 spiro atoms. The zero-order valence-corrected chi connectivity index (χ0v) is 11.0. The van der Waals surface area contributed by atoms with Crippen molar-refractivity contribution in [1.29, 1.82) is 5.26 Å². The second-order valence-corrected chi connectivity index (χ2v) is 4.35. The number of hydrogen-bond acceptors (Lipinski definition) is 5. The molecule has 0 unspecified atom stereocenters. The van der Waals surface area contributed by atoms with Crippen molar-refractivity contribution in [2.45, 2.75) is 13.0 Å². The zero-order valence-electron chi connectivity index (χ0n) is 11.0. The summed E-state index contributed by atoms with van der Waals surface area (Å²) in [4.78, 5) is 23.5. The second-order valence-electron chi connectivity index (χ2n) is 4.35. The van der Waals surface area contributed by atoms with E-state index in [-0.39, 0.29) is 13.1 Å². The highest BCUT2D eigenvalue weighted by Gasteiger charge is 2.18. The van der Waals surface area contributed by atoms with Crippen LogP contribution in [0.2, 0.25) is 0 Å². The predicted octanol–water partition coefficient (Wildman–Crippen LogP) is -0.611. The molecule has 0 saturated heterocycles. The van der Waals surface area contributed by atoms with E-state index in [1.54, 1.807) is 6.07 Å². The lowest BCUT2D eigenvalue weighted by Gasteiger charge is -2.25. The highest BCUT2D eigenvalue weighted by Crippen LogP contribution is 2.27. The van der Waals surface area contributed by atoms with Crippen molar-refractivity contribution in [2.75, 3.05) is 18.0 Å². The van der Waals surface area contributed by atoms with Crippen LogP contribution in [0.3, 0.4) is 0 Å². The molecule has 0 radical (unpaired) electrons. The van der Waals surface area contributed by atoms with E-state index in [1.807, 2.05) is 6.07 Å². The molecule has 0 fully saturated rings. The van der Waals surface area contributed by atoms with E-state index < -0.39 is 17.9 Å². The number of aliphatic hydroxyl groups is 1. The molecule has 0 aliphatic rings. The van der Waals surface area contributed by atoms with Gasteiger partial charge in [0, 0.05) is 11.3 Å². The van der Waals surface area contributed by atoms with Crippen LogP contribution in [0.5, 0.6) is 0 Å². The van der Waals surface area contributed by atoms with Crippen LogP contribution in [-0.2, 0) is 9.59 Å². The minimum absolute atomic E-state index is 0.239. The Kier molecular flexibility index (Phi) is 5.06. The summed E-state index contributed by atoms with van der Waals surface area (Å²) < 4.78 is 0. The Balaban J connectivity index is 3.31. The molecule has 0 aromatic heterocycles. The van der Waals surface area contributed by atoms with Gasteiger partial charge in [0.25, 0.3) is 0 Å². The first-order valence-electron chi connectivity index (χ1n) is 5.88. The standard InChI is InChI=1S/C13H16N4O3/c1-8(18)10-3-2-9(5-14)4-11(10)17(6-12(15)19)7-13(16)20/h2-4,8,18H,6-7H2,1H3,(H2,15,19)(H2,16,20)/t8-/m0/s1. The summed E-state index contributed by atoms with van der Waals surface area (Å²) in [5.41, 5.74) is 11.5. The Morgan fingerprint density at radius 2 is 1.90 bits per heavy atom. The van der Waals surface area contributed by atoms with Gasteiger partial charge in [-0.1, -0.05) is 6.07 Å². The van der Waals surface area contributed by atoms with E-state index in [2.05, 4.69) is 0 Å². The largest absolute Gasteiger partial charge is 0.389 e. The molecule has 1 aromatic carbocycles. The lowest BCUT2D eigenvalue weighted by atomic mass is 10.0. The van der Waals surface area contributed by atoms with Crippen LogP contribution >= 0.6 is 0 Å². The second kappa shape index (κ2) is 6.54. The molecular weight excluding hydrogens is 260 g/mol. The summed E-state index contributed by atoms with van der Waals surface area (Å²) in [6.07, 6.45) is -0.832. The Morgan fingerprint density at radius 3 is 2.30 bits per heavy atom. The third-order valence-corrected chi connectivity index (χ3v) is 2.64. The number of carbonyl (C=O) groups excluding carboxylic acids is 2. The van der Waals surface area contributed by atoms with Gasteiger partial charge in [-0.3, -0.25) is 9.59 Å². The van der Waals surface area contributed by atoms with Gasteiger partial charge in [-0.25, -0.2) is 0 Å². The van der Waals surface area contributed by atoms with Gasteiger partial charge >= 0.3 is 0 Å². The van der Waals surface area contributed by atoms with E-state index in [0.717, 1.165) is 0 Å². The molecule has 0 aliphatic heterocycles. The summed E-state index contributed by atoms with van der Waals surface area (Å²) in [7, 11) is 0. The van der Waals surface area contributed by atoms with Gasteiger partial charge in [-0.2, -0.15) is 5.26 Å². The fraction of sp³-hybridized carbons (Fsp3) is 0.308. The van der Waals surface area contributed by atoms with Crippen LogP contribution in [0, 0.1) is 11.3 Å². The summed E-state index contributed by atoms with van der Waals surface area (Å²) in [5.74, 6) is -1.30. The SMILES string of the molecule is C[C@H](O)c1ccc(C#N)cc1N(CC(N)=O)CC(N)=O. The Hall–Kier alpha value is -2.59. The number of nitriles is 1. The lowest BCUT2D eigenvalue weighted by Crippen LogP contribution is -2.40. The maximum Gasteiger partial charge on any atom is 0.236 e. The smallest absolute Gasteiger partial charge is 0.236 e. The van der Waals surface area contributed by atoms with Crippen LogP contribution in [0.25, 0.3) is 0 Å². The Bertz CT molecular complexity index is 547. The van der Waals surface area contributed by atoms with Gasteiger partial charge in [0.05, 0.1) is 30.8 Å². The van der Waals surface area contributed by atoms with Crippen molar-refractivity contribution in [2.24, 2.45) is 11.5 Å². The Labute approximate surface area is 116 Å². The van der Waals surface area contributed by atoms with Gasteiger partial charge in [-0.15, -0.1) is 0 Å². The number of hydrogen-bond donors (Lipinski definition) is 3. The number of nitrogens with two attached hydrogens (primary N) is 2. The van der Waals surface area contributed by atoms with Crippen LogP contribution in [0.15, 0.2) is 18.2 Å². The lowest BCUT2D eigenvalue weighted by molar-refractivity contribution is -0.117. The summed E-state index contributed by atoms with van der Waals surface area (Å²) in [5, 5.41) is 18.7. The average Bonchev–Trinajstić information content (AvgIpc) is 2.36. The highest BCUT2D eigenvalue weighted by atomic mass is 16.3. The molecule has 106 valence electrons. The van der Waals surface area contributed by atoms with E-state index in [4.69, 9.17) is 16.7 Å². The van der Waals surface area contributed by atoms with Crippen molar-refractivity contribution in [1.82, 2.24) is 0 Å². The van der Waals surface area contributed by atoms with Crippen LogP contribution in [-0.4, -0.2) is 30.0 Å². The summed E-state index contributed by atoms with van der Waals surface area (Å²) >= 11 is 0. The van der Waals surface area contributed by atoms with Gasteiger partial charge in [-0.05, 0) is 19.1 Å². The van der Waals surface area contributed by atoms with Crippen LogP contribution < -0.4 is 16.4 Å². The van der Waals surface area contributed by atoms with Gasteiger partial charge < -0.3 is 21.5 Å². The number of primary amides is 2. The van der Waals surface area contributed by atoms with Gasteiger partial charge in [0.15, 0.2) is 0 Å². The fourth-order valence-electron chi connectivity index (χ4n) is 1.84. The number of amides is 2. The number of nitrogens with zero attached hydrogens (tertiary/aromatic N) is 2. The molecule has 7 heteroatoms. The topological polar surface area (TPSA) is 133 Å². The Morgan fingerprint density at radius 1 is 1.35 bits per heavy atom. The minimum Gasteiger partial charge on any atom is -0.389 e. The molecular formula is C13H16N4O3. The maximum atomic E-state index is 11.1. The molecule has 0 saturated carbocycles. The number of benzene rings is 1. The first-order valence-corrected chi connectivity index (χ1v) is 5.88. The minimum atomic E-state index is -0.832. The monoisotopic (exact) mass is 276 g/mol. The van der Waals surface area contributed by atoms with Crippen LogP contribution in [0.1, 0.15) is 24.2 Å². The highest BCUT2D eigenvalue weighted by molar-refractivity contribution is 5.85. The predicted molar refractivity (Wildman–Crippen MR) is 72.4 cm³/mol. The average molecular weight is 276 g/mol. The van der Waals surface area contributed by atoms with Crippen molar-refractivity contribution >= 4 is 17.5 Å². The molecule has 2 amide bonds. The molecule has 0 bridgehead atoms. The molecule has 7 nitrogen and oxygen atoms in total. The fourth-order valence-corrected chi connectivity index (χ4v) is 1.84. The van der Waals surface area contributed by atoms with Crippen molar-refractivity contribution in [3.05, 3.63) is 29.3 Å². The number of rotatable bonds is 6. The van der Waals surface area contributed by atoms with Gasteiger partial charge in [0.1, 0.15) is 0 Å². The number of anilines is 1. The van der Waals surface area contributed by atoms with E-state index >= 15 is 0 Å². The quantitative estimate of drug-likeness (QED) is 0.637. The van der Waals surface area contributed by atoms with E-state index in [9.17, 15) is 14.7 Å². The number of carbonyl (C=O) groups is 2.